The lowest BCUT2D eigenvalue weighted by Crippen LogP contribution is -2.35. The van der Waals surface area contributed by atoms with Gasteiger partial charge in [0.2, 0.25) is 5.56 Å². The van der Waals surface area contributed by atoms with E-state index in [-0.39, 0.29) is 35.4 Å². The predicted octanol–water partition coefficient (Wildman–Crippen LogP) is 1.03. The summed E-state index contributed by atoms with van der Waals surface area (Å²) in [5.41, 5.74) is 0.612. The van der Waals surface area contributed by atoms with E-state index in [1.807, 2.05) is 13.0 Å². The van der Waals surface area contributed by atoms with Crippen LogP contribution >= 0.6 is 0 Å². The van der Waals surface area contributed by atoms with Crippen LogP contribution in [0.3, 0.4) is 0 Å². The number of sulfone groups is 1. The molecular weight excluding hydrogens is 316 g/mol. The molecule has 6 nitrogen and oxygen atoms in total. The standard InChI is InChI=1S/C16H18N2O4S/c1-11-9-18(7-8-23(21,22)10-11)16(20)13-4-2-3-12-5-6-14(19)17-15(12)13/h2-6,11H,7-10H2,1H3,(H,17,19). The van der Waals surface area contributed by atoms with E-state index in [0.29, 0.717) is 17.6 Å². The number of rotatable bonds is 1. The summed E-state index contributed by atoms with van der Waals surface area (Å²) in [6.07, 6.45) is 0. The van der Waals surface area contributed by atoms with Crippen molar-refractivity contribution in [2.24, 2.45) is 5.92 Å². The number of para-hydroxylation sites is 1. The molecular formula is C16H18N2O4S. The number of amides is 1. The molecule has 1 aliphatic rings. The quantitative estimate of drug-likeness (QED) is 0.844. The number of nitrogens with zero attached hydrogens (tertiary/aromatic N) is 1. The van der Waals surface area contributed by atoms with Crippen molar-refractivity contribution in [3.8, 4) is 0 Å². The van der Waals surface area contributed by atoms with Gasteiger partial charge >= 0.3 is 0 Å². The van der Waals surface area contributed by atoms with Crippen LogP contribution in [0.1, 0.15) is 17.3 Å². The second-order valence-electron chi connectivity index (χ2n) is 6.06. The second-order valence-corrected chi connectivity index (χ2v) is 8.29. The van der Waals surface area contributed by atoms with Gasteiger partial charge in [0.05, 0.1) is 22.6 Å². The fourth-order valence-electron chi connectivity index (χ4n) is 3.00. The predicted molar refractivity (Wildman–Crippen MR) is 88.3 cm³/mol. The van der Waals surface area contributed by atoms with Gasteiger partial charge in [-0.05, 0) is 23.4 Å². The Kier molecular flexibility index (Phi) is 3.97. The Morgan fingerprint density at radius 2 is 2.04 bits per heavy atom. The summed E-state index contributed by atoms with van der Waals surface area (Å²) in [5, 5.41) is 0.769. The van der Waals surface area contributed by atoms with Crippen LogP contribution < -0.4 is 5.56 Å². The summed E-state index contributed by atoms with van der Waals surface area (Å²) >= 11 is 0. The number of aromatic nitrogens is 1. The normalized spacial score (nSPS) is 21.1. The summed E-state index contributed by atoms with van der Waals surface area (Å²) in [5.74, 6) is -0.282. The molecule has 2 heterocycles. The van der Waals surface area contributed by atoms with Crippen LogP contribution in [0, 0.1) is 5.92 Å². The average molecular weight is 334 g/mol. The summed E-state index contributed by atoms with van der Waals surface area (Å²) in [7, 11) is -3.12. The number of hydrogen-bond acceptors (Lipinski definition) is 4. The monoisotopic (exact) mass is 334 g/mol. The molecule has 0 bridgehead atoms. The first-order chi connectivity index (χ1) is 10.9. The minimum Gasteiger partial charge on any atom is -0.337 e. The molecule has 2 aromatic rings. The lowest BCUT2D eigenvalue weighted by atomic mass is 10.1. The van der Waals surface area contributed by atoms with Crippen molar-refractivity contribution >= 4 is 26.6 Å². The highest BCUT2D eigenvalue weighted by molar-refractivity contribution is 7.91. The Balaban J connectivity index is 2.00. The molecule has 0 saturated carbocycles. The molecule has 1 aliphatic heterocycles. The number of hydrogen-bond donors (Lipinski definition) is 1. The van der Waals surface area contributed by atoms with Gasteiger partial charge in [0.25, 0.3) is 5.91 Å². The Morgan fingerprint density at radius 3 is 2.83 bits per heavy atom. The Morgan fingerprint density at radius 1 is 1.26 bits per heavy atom. The maximum absolute atomic E-state index is 12.8. The highest BCUT2D eigenvalue weighted by Gasteiger charge is 2.28. The number of aromatic amines is 1. The molecule has 0 radical (unpaired) electrons. The highest BCUT2D eigenvalue weighted by Crippen LogP contribution is 2.19. The zero-order valence-corrected chi connectivity index (χ0v) is 13.6. The maximum atomic E-state index is 12.8. The molecule has 1 saturated heterocycles. The molecule has 23 heavy (non-hydrogen) atoms. The van der Waals surface area contributed by atoms with Gasteiger partial charge in [0, 0.05) is 19.2 Å². The van der Waals surface area contributed by atoms with E-state index in [4.69, 9.17) is 0 Å². The van der Waals surface area contributed by atoms with Gasteiger partial charge in [-0.25, -0.2) is 8.42 Å². The van der Waals surface area contributed by atoms with E-state index >= 15 is 0 Å². The molecule has 3 rings (SSSR count). The van der Waals surface area contributed by atoms with Gasteiger partial charge < -0.3 is 9.88 Å². The van der Waals surface area contributed by atoms with Gasteiger partial charge in [-0.15, -0.1) is 0 Å². The number of pyridine rings is 1. The van der Waals surface area contributed by atoms with Crippen molar-refractivity contribution in [2.75, 3.05) is 24.6 Å². The van der Waals surface area contributed by atoms with Gasteiger partial charge in [-0.3, -0.25) is 9.59 Å². The van der Waals surface area contributed by atoms with Crippen molar-refractivity contribution in [1.29, 1.82) is 0 Å². The van der Waals surface area contributed by atoms with Gasteiger partial charge in [0.1, 0.15) is 0 Å². The highest BCUT2D eigenvalue weighted by atomic mass is 32.2. The minimum atomic E-state index is -3.12. The smallest absolute Gasteiger partial charge is 0.256 e. The van der Waals surface area contributed by atoms with Gasteiger partial charge in [-0.2, -0.15) is 0 Å². The molecule has 0 spiro atoms. The maximum Gasteiger partial charge on any atom is 0.256 e. The van der Waals surface area contributed by atoms with Crippen molar-refractivity contribution in [2.45, 2.75) is 6.92 Å². The van der Waals surface area contributed by atoms with Crippen molar-refractivity contribution in [3.05, 3.63) is 46.2 Å². The first-order valence-corrected chi connectivity index (χ1v) is 9.29. The summed E-state index contributed by atoms with van der Waals surface area (Å²) in [6, 6.07) is 8.31. The number of H-pyrrole nitrogens is 1. The van der Waals surface area contributed by atoms with Gasteiger partial charge in [0.15, 0.2) is 9.84 Å². The zero-order valence-electron chi connectivity index (χ0n) is 12.8. The van der Waals surface area contributed by atoms with E-state index in [0.717, 1.165) is 5.39 Å². The lowest BCUT2D eigenvalue weighted by molar-refractivity contribution is 0.0753. The Hall–Kier alpha value is -2.15. The molecule has 0 aliphatic carbocycles. The topological polar surface area (TPSA) is 87.3 Å². The molecule has 1 aromatic heterocycles. The minimum absolute atomic E-state index is 0.0234. The zero-order chi connectivity index (χ0) is 16.6. The number of benzene rings is 1. The first kappa shape index (κ1) is 15.7. The van der Waals surface area contributed by atoms with E-state index in [1.165, 1.54) is 6.07 Å². The lowest BCUT2D eigenvalue weighted by Gasteiger charge is -2.22. The third-order valence-corrected chi connectivity index (χ3v) is 5.90. The second kappa shape index (κ2) is 5.81. The van der Waals surface area contributed by atoms with Crippen LogP contribution in [0.25, 0.3) is 10.9 Å². The molecule has 1 amide bonds. The van der Waals surface area contributed by atoms with E-state index in [9.17, 15) is 18.0 Å². The molecule has 1 N–H and O–H groups in total. The Labute approximate surface area is 134 Å². The van der Waals surface area contributed by atoms with Crippen LogP contribution in [-0.2, 0) is 9.84 Å². The van der Waals surface area contributed by atoms with Crippen LogP contribution in [0.5, 0.6) is 0 Å². The number of nitrogens with one attached hydrogen (secondary N) is 1. The SMILES string of the molecule is CC1CN(C(=O)c2cccc3ccc(=O)[nH]c23)CCS(=O)(=O)C1. The van der Waals surface area contributed by atoms with Crippen molar-refractivity contribution in [1.82, 2.24) is 9.88 Å². The first-order valence-electron chi connectivity index (χ1n) is 7.47. The summed E-state index contributed by atoms with van der Waals surface area (Å²) in [4.78, 5) is 28.7. The van der Waals surface area contributed by atoms with Crippen LogP contribution in [0.2, 0.25) is 0 Å². The average Bonchev–Trinajstić information content (AvgIpc) is 2.63. The molecule has 122 valence electrons. The largest absolute Gasteiger partial charge is 0.337 e. The molecule has 1 unspecified atom stereocenters. The van der Waals surface area contributed by atoms with E-state index < -0.39 is 9.84 Å². The molecule has 1 fully saturated rings. The third-order valence-electron chi connectivity index (χ3n) is 4.02. The Bertz CT molecular complexity index is 917. The third kappa shape index (κ3) is 3.29. The van der Waals surface area contributed by atoms with Crippen LogP contribution in [-0.4, -0.2) is 48.8 Å². The molecule has 7 heteroatoms. The number of fused-ring (bicyclic) bond motifs is 1. The fraction of sp³-hybridized carbons (Fsp3) is 0.375. The van der Waals surface area contributed by atoms with Gasteiger partial charge in [-0.1, -0.05) is 19.1 Å². The molecule has 1 aromatic carbocycles. The number of carbonyl (C=O) groups is 1. The summed E-state index contributed by atoms with van der Waals surface area (Å²) < 4.78 is 23.7. The fourth-order valence-corrected chi connectivity index (χ4v) is 4.64. The van der Waals surface area contributed by atoms with E-state index in [1.54, 1.807) is 23.1 Å². The van der Waals surface area contributed by atoms with Crippen LogP contribution in [0.4, 0.5) is 0 Å². The van der Waals surface area contributed by atoms with Crippen molar-refractivity contribution < 1.29 is 13.2 Å². The molecule has 1 atom stereocenters. The number of carbonyl (C=O) groups excluding carboxylic acids is 1. The van der Waals surface area contributed by atoms with Crippen molar-refractivity contribution in [3.63, 3.8) is 0 Å². The summed E-state index contributed by atoms with van der Waals surface area (Å²) in [6.45, 7) is 2.40. The van der Waals surface area contributed by atoms with Crippen LogP contribution in [0.15, 0.2) is 35.1 Å². The van der Waals surface area contributed by atoms with E-state index in [2.05, 4.69) is 4.98 Å².